The average molecular weight is 1280 g/mol. The zero-order valence-electron chi connectivity index (χ0n) is 52.3. The van der Waals surface area contributed by atoms with Crippen molar-refractivity contribution in [2.24, 2.45) is 0 Å². The number of benzene rings is 8. The minimum Gasteiger partial charge on any atom is -0.484 e. The average Bonchev–Trinajstić information content (AvgIpc) is 1.72. The number of rotatable bonds is 24. The summed E-state index contributed by atoms with van der Waals surface area (Å²) in [6.45, 7) is 9.41. The maximum absolute atomic E-state index is 14.1. The van der Waals surface area contributed by atoms with Gasteiger partial charge >= 0.3 is 12.1 Å². The molecule has 93 heavy (non-hydrogen) atoms. The Morgan fingerprint density at radius 3 is 1.91 bits per heavy atom. The summed E-state index contributed by atoms with van der Waals surface area (Å²) < 4.78 is 27.5. The van der Waals surface area contributed by atoms with Crippen LogP contribution in [0, 0.1) is 0 Å². The molecule has 0 radical (unpaired) electrons. The maximum atomic E-state index is 14.1. The van der Waals surface area contributed by atoms with Gasteiger partial charge < -0.3 is 28.8 Å². The molecule has 0 spiro atoms. The van der Waals surface area contributed by atoms with Gasteiger partial charge in [-0.3, -0.25) is 24.6 Å². The van der Waals surface area contributed by atoms with Gasteiger partial charge in [0, 0.05) is 42.3 Å². The van der Waals surface area contributed by atoms with Crippen LogP contribution in [0.4, 0.5) is 21.0 Å². The number of nitrogens with zero attached hydrogens (tertiary/aromatic N) is 7. The quantitative estimate of drug-likeness (QED) is 0.0327. The summed E-state index contributed by atoms with van der Waals surface area (Å²) >= 11 is 2.48. The highest BCUT2D eigenvalue weighted by Gasteiger charge is 2.42. The molecule has 472 valence electrons. The predicted molar refractivity (Wildman–Crippen MR) is 361 cm³/mol. The molecule has 20 heteroatoms. The van der Waals surface area contributed by atoms with Gasteiger partial charge in [0.05, 0.1) is 28.9 Å². The molecule has 0 aliphatic carbocycles. The summed E-state index contributed by atoms with van der Waals surface area (Å²) in [6.07, 6.45) is 1.17. The van der Waals surface area contributed by atoms with Crippen molar-refractivity contribution in [3.8, 4) is 39.8 Å². The first-order valence-corrected chi connectivity index (χ1v) is 32.4. The van der Waals surface area contributed by atoms with E-state index in [2.05, 4.69) is 95.6 Å². The van der Waals surface area contributed by atoms with E-state index >= 15 is 0 Å². The smallest absolute Gasteiger partial charge is 0.414 e. The Morgan fingerprint density at radius 1 is 0.710 bits per heavy atom. The van der Waals surface area contributed by atoms with Crippen LogP contribution in [0.5, 0.6) is 17.2 Å². The van der Waals surface area contributed by atoms with Crippen molar-refractivity contribution < 1.29 is 42.9 Å². The summed E-state index contributed by atoms with van der Waals surface area (Å²) in [5, 5.41) is 18.2. The summed E-state index contributed by atoms with van der Waals surface area (Å²) in [4.78, 5) is 71.8. The molecule has 4 amide bonds. The fourth-order valence-corrected chi connectivity index (χ4v) is 12.8. The van der Waals surface area contributed by atoms with Gasteiger partial charge in [-0.1, -0.05) is 170 Å². The lowest BCUT2D eigenvalue weighted by Gasteiger charge is -2.36. The van der Waals surface area contributed by atoms with Crippen molar-refractivity contribution in [2.45, 2.75) is 87.5 Å². The van der Waals surface area contributed by atoms with Crippen LogP contribution in [0.25, 0.3) is 22.5 Å². The lowest BCUT2D eigenvalue weighted by atomic mass is 9.77. The van der Waals surface area contributed by atoms with Gasteiger partial charge in [-0.25, -0.2) is 19.3 Å². The number of carbonyl (C=O) groups is 5. The lowest BCUT2D eigenvalue weighted by molar-refractivity contribution is -0.119. The highest BCUT2D eigenvalue weighted by atomic mass is 32.2. The largest absolute Gasteiger partial charge is 0.484 e. The van der Waals surface area contributed by atoms with Crippen LogP contribution < -0.4 is 25.0 Å². The molecule has 0 bridgehead atoms. The number of aromatic nitrogens is 6. The van der Waals surface area contributed by atoms with Gasteiger partial charge in [0.2, 0.25) is 5.91 Å². The molecular formula is C73H69N9O9S2. The van der Waals surface area contributed by atoms with Gasteiger partial charge in [0.25, 0.3) is 11.1 Å². The SMILES string of the molecule is CCCc1nc(CSc2ccc(Oc3ccc(NC(=O)COc4ccc(CC5SC(=O)NC5=O)cc4)c(N(C)C(=O)OC(C)(C)C)c3)cc2)c(C(=O)OCC)n1Cc1ccc(-c2ccccc2-c2nnnn2C(c2ccccc2)(c2ccccc2)c2ccccc2)cc1. The number of thioether (sulfide) groups is 2. The number of ether oxygens (including phenoxy) is 4. The fourth-order valence-electron chi connectivity index (χ4n) is 11.1. The first-order chi connectivity index (χ1) is 45.1. The third-order valence-corrected chi connectivity index (χ3v) is 17.4. The van der Waals surface area contributed by atoms with Crippen LogP contribution in [0.15, 0.2) is 211 Å². The summed E-state index contributed by atoms with van der Waals surface area (Å²) in [7, 11) is 1.54. The Balaban J connectivity index is 0.793. The highest BCUT2D eigenvalue weighted by molar-refractivity contribution is 8.15. The minimum absolute atomic E-state index is 0.195. The fraction of sp³-hybridized carbons (Fsp3) is 0.219. The van der Waals surface area contributed by atoms with E-state index in [1.807, 2.05) is 100 Å². The molecular weight excluding hydrogens is 1210 g/mol. The first-order valence-electron chi connectivity index (χ1n) is 30.5. The molecule has 2 aromatic heterocycles. The number of esters is 1. The number of aryl methyl sites for hydroxylation is 1. The Hall–Kier alpha value is -10.3. The number of tetrazole rings is 1. The molecule has 8 aromatic carbocycles. The van der Waals surface area contributed by atoms with Crippen molar-refractivity contribution in [2.75, 3.05) is 30.5 Å². The van der Waals surface area contributed by atoms with E-state index in [4.69, 9.17) is 34.2 Å². The van der Waals surface area contributed by atoms with Gasteiger partial charge in [-0.2, -0.15) is 0 Å². The van der Waals surface area contributed by atoms with Crippen molar-refractivity contribution >= 4 is 64.0 Å². The van der Waals surface area contributed by atoms with E-state index in [0.29, 0.717) is 71.0 Å². The first kappa shape index (κ1) is 64.2. The van der Waals surface area contributed by atoms with E-state index in [-0.39, 0.29) is 24.4 Å². The molecule has 10 aromatic rings. The standard InChI is InChI=1S/C73H69N9O9S2/c1-7-20-64-74-61(47-92-57-40-37-55(38-41-57)90-56-39-42-60(62(44-56)80(6)71(87)91-72(3,4)5)75-65(83)46-89-54-35-31-48(32-36-54)43-63-68(84)76-70(86)93-63)66(69(85)88-8-2)81(64)45-49-29-33-50(34-30-49)58-27-18-19-28-59(58)67-77-78-79-82(67)73(51-21-12-9-13-22-51,52-23-14-10-15-24-52)53-25-16-11-17-26-53/h9-19,21-42,44,63H,7-8,20,43,45-47H2,1-6H3,(H,75,83)(H,76,84,86). The number of hydrogen-bond acceptors (Lipinski definition) is 15. The van der Waals surface area contributed by atoms with Crippen molar-refractivity contribution in [3.05, 3.63) is 251 Å². The van der Waals surface area contributed by atoms with Crippen LogP contribution in [0.1, 0.15) is 90.9 Å². The van der Waals surface area contributed by atoms with Gasteiger partial charge in [-0.05, 0) is 138 Å². The Bertz CT molecular complexity index is 4180. The summed E-state index contributed by atoms with van der Waals surface area (Å²) in [5.74, 6) is 1.81. The molecule has 0 saturated carbocycles. The molecule has 1 fully saturated rings. The molecule has 1 atom stereocenters. The molecule has 1 aliphatic heterocycles. The molecule has 18 nitrogen and oxygen atoms in total. The number of imidazole rings is 1. The van der Waals surface area contributed by atoms with Crippen LogP contribution in [-0.4, -0.2) is 90.0 Å². The van der Waals surface area contributed by atoms with Gasteiger partial charge in [0.15, 0.2) is 18.1 Å². The molecule has 3 heterocycles. The zero-order valence-corrected chi connectivity index (χ0v) is 53.9. The van der Waals surface area contributed by atoms with Crippen LogP contribution >= 0.6 is 23.5 Å². The van der Waals surface area contributed by atoms with Gasteiger partial charge in [0.1, 0.15) is 34.2 Å². The van der Waals surface area contributed by atoms with Crippen molar-refractivity contribution in [1.29, 1.82) is 0 Å². The molecule has 2 N–H and O–H groups in total. The molecule has 1 saturated heterocycles. The van der Waals surface area contributed by atoms with E-state index < -0.39 is 34.4 Å². The Morgan fingerprint density at radius 2 is 1.31 bits per heavy atom. The minimum atomic E-state index is -0.938. The van der Waals surface area contributed by atoms with Crippen LogP contribution in [0.2, 0.25) is 0 Å². The van der Waals surface area contributed by atoms with Crippen molar-refractivity contribution in [1.82, 2.24) is 35.1 Å². The second kappa shape index (κ2) is 28.9. The number of hydrogen-bond donors (Lipinski definition) is 2. The maximum Gasteiger partial charge on any atom is 0.414 e. The second-order valence-electron chi connectivity index (χ2n) is 23.0. The van der Waals surface area contributed by atoms with Crippen LogP contribution in [-0.2, 0) is 49.7 Å². The van der Waals surface area contributed by atoms with E-state index in [1.165, 1.54) is 16.7 Å². The number of imide groups is 1. The third-order valence-electron chi connectivity index (χ3n) is 15.4. The van der Waals surface area contributed by atoms with E-state index in [1.54, 1.807) is 77.2 Å². The molecule has 1 unspecified atom stereocenters. The summed E-state index contributed by atoms with van der Waals surface area (Å²) in [6, 6.07) is 66.9. The molecule has 11 rings (SSSR count). The Kier molecular flexibility index (Phi) is 20.0. The second-order valence-corrected chi connectivity index (χ2v) is 25.2. The van der Waals surface area contributed by atoms with Crippen molar-refractivity contribution in [3.63, 3.8) is 0 Å². The topological polar surface area (TPSA) is 211 Å². The number of nitrogens with one attached hydrogen (secondary N) is 2. The van der Waals surface area contributed by atoms with Crippen LogP contribution in [0.3, 0.4) is 0 Å². The Labute approximate surface area is 548 Å². The number of amides is 4. The zero-order chi connectivity index (χ0) is 65.1. The number of carbonyl (C=O) groups excluding carboxylic acids is 5. The predicted octanol–water partition coefficient (Wildman–Crippen LogP) is 14.6. The van der Waals surface area contributed by atoms with Gasteiger partial charge in [-0.15, -0.1) is 16.9 Å². The van der Waals surface area contributed by atoms with E-state index in [9.17, 15) is 24.0 Å². The molecule has 1 aliphatic rings. The van der Waals surface area contributed by atoms with E-state index in [0.717, 1.165) is 73.4 Å². The normalized spacial score (nSPS) is 13.1. The third kappa shape index (κ3) is 14.9. The lowest BCUT2D eigenvalue weighted by Crippen LogP contribution is -2.39. The monoisotopic (exact) mass is 1280 g/mol. The number of anilines is 2. The summed E-state index contributed by atoms with van der Waals surface area (Å²) in [5.41, 5.74) is 7.45. The highest BCUT2D eigenvalue weighted by Crippen LogP contribution is 2.44.